The molecule has 0 unspecified atom stereocenters. The fourth-order valence-corrected chi connectivity index (χ4v) is 1.28. The predicted octanol–water partition coefficient (Wildman–Crippen LogP) is 0.829. The van der Waals surface area contributed by atoms with Gasteiger partial charge in [-0.1, -0.05) is 0 Å². The average Bonchev–Trinajstić information content (AvgIpc) is 2.45. The van der Waals surface area contributed by atoms with E-state index in [-0.39, 0.29) is 17.7 Å². The Morgan fingerprint density at radius 3 is 2.50 bits per heavy atom. The molecule has 0 amide bonds. The number of carbonyl (C=O) groups is 1. The minimum atomic E-state index is -1.07. The zero-order valence-corrected chi connectivity index (χ0v) is 8.48. The largest absolute Gasteiger partial charge is 0.478 e. The minimum Gasteiger partial charge on any atom is -0.478 e. The average molecular weight is 198 g/mol. The van der Waals surface area contributed by atoms with E-state index in [0.29, 0.717) is 5.69 Å². The maximum Gasteiger partial charge on any atom is 0.339 e. The highest BCUT2D eigenvalue weighted by molar-refractivity contribution is 5.88. The van der Waals surface area contributed by atoms with Crippen molar-refractivity contribution in [1.29, 1.82) is 0 Å². The summed E-state index contributed by atoms with van der Waals surface area (Å²) in [6.45, 7) is 5.36. The normalized spacial score (nSPS) is 11.7. The Morgan fingerprint density at radius 2 is 2.14 bits per heavy atom. The van der Waals surface area contributed by atoms with Gasteiger partial charge in [0.15, 0.2) is 0 Å². The molecule has 0 saturated heterocycles. The Labute approximate surface area is 82.0 Å². The Morgan fingerprint density at radius 1 is 1.57 bits per heavy atom. The number of aliphatic hydroxyl groups excluding tert-OH is 1. The second-order valence-electron chi connectivity index (χ2n) is 4.05. The van der Waals surface area contributed by atoms with Gasteiger partial charge in [-0.3, -0.25) is 4.68 Å². The van der Waals surface area contributed by atoms with E-state index in [4.69, 9.17) is 10.2 Å². The second-order valence-corrected chi connectivity index (χ2v) is 4.05. The van der Waals surface area contributed by atoms with Crippen molar-refractivity contribution >= 4 is 5.97 Å². The van der Waals surface area contributed by atoms with Gasteiger partial charge in [0.2, 0.25) is 0 Å². The van der Waals surface area contributed by atoms with Gasteiger partial charge in [0, 0.05) is 0 Å². The van der Waals surface area contributed by atoms with Crippen molar-refractivity contribution in [2.45, 2.75) is 32.9 Å². The van der Waals surface area contributed by atoms with Crippen LogP contribution >= 0.6 is 0 Å². The fourth-order valence-electron chi connectivity index (χ4n) is 1.28. The van der Waals surface area contributed by atoms with Crippen LogP contribution in [0, 0.1) is 0 Å². The fraction of sp³-hybridized carbons (Fsp3) is 0.556. The van der Waals surface area contributed by atoms with Crippen LogP contribution in [0.3, 0.4) is 0 Å². The number of rotatable bonds is 2. The van der Waals surface area contributed by atoms with Crippen molar-refractivity contribution in [2.75, 3.05) is 0 Å². The molecule has 0 bridgehead atoms. The minimum absolute atomic E-state index is 0.0578. The monoisotopic (exact) mass is 198 g/mol. The molecule has 0 spiro atoms. The molecule has 1 aromatic rings. The van der Waals surface area contributed by atoms with Crippen molar-refractivity contribution < 1.29 is 15.0 Å². The standard InChI is InChI=1S/C9H14N2O3/c1-9(2,3)11-7(5-12)6(4-10-11)8(13)14/h4,12H,5H2,1-3H3,(H,13,14). The number of nitrogens with zero attached hydrogens (tertiary/aromatic N) is 2. The number of hydrogen-bond acceptors (Lipinski definition) is 3. The predicted molar refractivity (Wildman–Crippen MR) is 50.1 cm³/mol. The molecule has 0 radical (unpaired) electrons. The van der Waals surface area contributed by atoms with E-state index in [1.165, 1.54) is 10.9 Å². The number of carboxylic acids is 1. The SMILES string of the molecule is CC(C)(C)n1ncc(C(=O)O)c1CO. The van der Waals surface area contributed by atoms with Crippen LogP contribution in [-0.2, 0) is 12.1 Å². The molecule has 2 N–H and O–H groups in total. The van der Waals surface area contributed by atoms with Crippen LogP contribution in [0.4, 0.5) is 0 Å². The first-order valence-corrected chi connectivity index (χ1v) is 4.29. The van der Waals surface area contributed by atoms with Gasteiger partial charge in [-0.25, -0.2) is 4.79 Å². The maximum absolute atomic E-state index is 10.8. The number of aliphatic hydroxyl groups is 1. The number of hydrogen-bond donors (Lipinski definition) is 2. The highest BCUT2D eigenvalue weighted by Crippen LogP contribution is 2.18. The van der Waals surface area contributed by atoms with Gasteiger partial charge in [0.25, 0.3) is 0 Å². The lowest BCUT2D eigenvalue weighted by Gasteiger charge is -2.21. The Kier molecular flexibility index (Phi) is 2.62. The lowest BCUT2D eigenvalue weighted by Crippen LogP contribution is -2.25. The number of carboxylic acid groups (broad SMARTS) is 1. The number of aromatic carboxylic acids is 1. The van der Waals surface area contributed by atoms with Crippen LogP contribution in [0.15, 0.2) is 6.20 Å². The third-order valence-corrected chi connectivity index (χ3v) is 1.88. The van der Waals surface area contributed by atoms with E-state index >= 15 is 0 Å². The van der Waals surface area contributed by atoms with E-state index in [2.05, 4.69) is 5.10 Å². The van der Waals surface area contributed by atoms with Gasteiger partial charge in [-0.2, -0.15) is 5.10 Å². The van der Waals surface area contributed by atoms with Gasteiger partial charge in [-0.15, -0.1) is 0 Å². The summed E-state index contributed by atoms with van der Waals surface area (Å²) < 4.78 is 1.52. The first kappa shape index (κ1) is 10.7. The van der Waals surface area contributed by atoms with Crippen molar-refractivity contribution in [3.63, 3.8) is 0 Å². The molecule has 5 heteroatoms. The maximum atomic E-state index is 10.8. The summed E-state index contributed by atoms with van der Waals surface area (Å²) in [6, 6.07) is 0. The summed E-state index contributed by atoms with van der Waals surface area (Å²) in [5, 5.41) is 21.8. The molecule has 5 nitrogen and oxygen atoms in total. The molecule has 1 heterocycles. The molecule has 0 atom stereocenters. The molecule has 0 fully saturated rings. The summed E-state index contributed by atoms with van der Waals surface area (Å²) in [5.74, 6) is -1.07. The van der Waals surface area contributed by atoms with Gasteiger partial charge < -0.3 is 10.2 Å². The highest BCUT2D eigenvalue weighted by Gasteiger charge is 2.22. The van der Waals surface area contributed by atoms with E-state index < -0.39 is 5.97 Å². The summed E-state index contributed by atoms with van der Waals surface area (Å²) >= 11 is 0. The van der Waals surface area contributed by atoms with Crippen molar-refractivity contribution in [2.24, 2.45) is 0 Å². The quantitative estimate of drug-likeness (QED) is 0.738. The Balaban J connectivity index is 3.28. The van der Waals surface area contributed by atoms with Crippen molar-refractivity contribution in [3.05, 3.63) is 17.5 Å². The van der Waals surface area contributed by atoms with Crippen LogP contribution in [0.25, 0.3) is 0 Å². The van der Waals surface area contributed by atoms with Gasteiger partial charge in [-0.05, 0) is 20.8 Å². The van der Waals surface area contributed by atoms with E-state index in [1.807, 2.05) is 20.8 Å². The zero-order chi connectivity index (χ0) is 10.9. The van der Waals surface area contributed by atoms with Crippen LogP contribution < -0.4 is 0 Å². The molecular weight excluding hydrogens is 184 g/mol. The molecular formula is C9H14N2O3. The van der Waals surface area contributed by atoms with Crippen LogP contribution in [-0.4, -0.2) is 26.0 Å². The molecule has 14 heavy (non-hydrogen) atoms. The van der Waals surface area contributed by atoms with Gasteiger partial charge in [0.05, 0.1) is 24.0 Å². The molecule has 0 aromatic carbocycles. The van der Waals surface area contributed by atoms with Gasteiger partial charge >= 0.3 is 5.97 Å². The third kappa shape index (κ3) is 1.77. The van der Waals surface area contributed by atoms with E-state index in [9.17, 15) is 4.79 Å². The highest BCUT2D eigenvalue weighted by atomic mass is 16.4. The molecule has 0 aliphatic carbocycles. The Hall–Kier alpha value is -1.36. The van der Waals surface area contributed by atoms with E-state index in [0.717, 1.165) is 0 Å². The second kappa shape index (κ2) is 3.42. The molecule has 1 aromatic heterocycles. The summed E-state index contributed by atoms with van der Waals surface area (Å²) in [6.07, 6.45) is 1.26. The van der Waals surface area contributed by atoms with Crippen LogP contribution in [0.1, 0.15) is 36.8 Å². The van der Waals surface area contributed by atoms with E-state index in [1.54, 1.807) is 0 Å². The topological polar surface area (TPSA) is 75.4 Å². The Bertz CT molecular complexity index is 349. The van der Waals surface area contributed by atoms with Crippen molar-refractivity contribution in [1.82, 2.24) is 9.78 Å². The van der Waals surface area contributed by atoms with Gasteiger partial charge in [0.1, 0.15) is 5.56 Å². The lowest BCUT2D eigenvalue weighted by molar-refractivity contribution is 0.0692. The molecule has 0 aliphatic heterocycles. The smallest absolute Gasteiger partial charge is 0.339 e. The first-order valence-electron chi connectivity index (χ1n) is 4.29. The first-order chi connectivity index (χ1) is 6.38. The summed E-state index contributed by atoms with van der Waals surface area (Å²) in [5.41, 5.74) is 0.0681. The molecule has 78 valence electrons. The number of aromatic nitrogens is 2. The molecule has 1 rings (SSSR count). The van der Waals surface area contributed by atoms with Crippen LogP contribution in [0.5, 0.6) is 0 Å². The summed E-state index contributed by atoms with van der Waals surface area (Å²) in [4.78, 5) is 10.8. The zero-order valence-electron chi connectivity index (χ0n) is 8.48. The molecule has 0 aliphatic rings. The lowest BCUT2D eigenvalue weighted by atomic mass is 10.1. The third-order valence-electron chi connectivity index (χ3n) is 1.88. The van der Waals surface area contributed by atoms with Crippen molar-refractivity contribution in [3.8, 4) is 0 Å². The summed E-state index contributed by atoms with van der Waals surface area (Å²) in [7, 11) is 0. The van der Waals surface area contributed by atoms with Crippen LogP contribution in [0.2, 0.25) is 0 Å². The molecule has 0 saturated carbocycles.